The SMILES string of the molecule is C/C=C/CCCC1CNCc2c1nc(-c1ccc(C(F)(F)F)cc1)[nH]c2=O. The predicted octanol–water partition coefficient (Wildman–Crippen LogP) is 4.39. The van der Waals surface area contributed by atoms with Crippen molar-refractivity contribution in [2.75, 3.05) is 6.54 Å². The predicted molar refractivity (Wildman–Crippen MR) is 98.4 cm³/mol. The first-order valence-electron chi connectivity index (χ1n) is 9.02. The Morgan fingerprint density at radius 1 is 1.26 bits per heavy atom. The molecule has 1 unspecified atom stereocenters. The number of aromatic nitrogens is 2. The fraction of sp³-hybridized carbons (Fsp3) is 0.400. The minimum Gasteiger partial charge on any atom is -0.312 e. The minimum absolute atomic E-state index is 0.120. The van der Waals surface area contributed by atoms with Crippen molar-refractivity contribution >= 4 is 0 Å². The maximum atomic E-state index is 12.8. The quantitative estimate of drug-likeness (QED) is 0.600. The van der Waals surface area contributed by atoms with Gasteiger partial charge < -0.3 is 10.3 Å². The molecule has 7 heteroatoms. The molecule has 0 aliphatic carbocycles. The maximum Gasteiger partial charge on any atom is 0.416 e. The largest absolute Gasteiger partial charge is 0.416 e. The number of halogens is 3. The summed E-state index contributed by atoms with van der Waals surface area (Å²) in [5.41, 5.74) is 0.882. The smallest absolute Gasteiger partial charge is 0.312 e. The molecule has 1 aromatic heterocycles. The van der Waals surface area contributed by atoms with Crippen LogP contribution in [0.15, 0.2) is 41.2 Å². The van der Waals surface area contributed by atoms with E-state index in [1.54, 1.807) is 0 Å². The normalized spacial score (nSPS) is 17.3. The number of nitrogens with one attached hydrogen (secondary N) is 2. The summed E-state index contributed by atoms with van der Waals surface area (Å²) in [5.74, 6) is 0.433. The van der Waals surface area contributed by atoms with Gasteiger partial charge in [-0.05, 0) is 38.3 Å². The molecule has 0 radical (unpaired) electrons. The van der Waals surface area contributed by atoms with Gasteiger partial charge in [-0.3, -0.25) is 4.79 Å². The Morgan fingerprint density at radius 3 is 2.67 bits per heavy atom. The molecule has 0 bridgehead atoms. The Labute approximate surface area is 155 Å². The number of H-pyrrole nitrogens is 1. The van der Waals surface area contributed by atoms with Crippen molar-refractivity contribution in [3.63, 3.8) is 0 Å². The van der Waals surface area contributed by atoms with Gasteiger partial charge >= 0.3 is 6.18 Å². The average Bonchev–Trinajstić information content (AvgIpc) is 2.65. The van der Waals surface area contributed by atoms with Gasteiger partial charge in [0.25, 0.3) is 5.56 Å². The Morgan fingerprint density at radius 2 is 2.00 bits per heavy atom. The highest BCUT2D eigenvalue weighted by atomic mass is 19.4. The number of alkyl halides is 3. The number of unbranched alkanes of at least 4 members (excludes halogenated alkanes) is 1. The molecular formula is C20H22F3N3O. The number of benzene rings is 1. The van der Waals surface area contributed by atoms with Gasteiger partial charge in [0.1, 0.15) is 5.82 Å². The first-order valence-corrected chi connectivity index (χ1v) is 9.02. The Balaban J connectivity index is 1.90. The van der Waals surface area contributed by atoms with Gasteiger partial charge in [-0.15, -0.1) is 0 Å². The van der Waals surface area contributed by atoms with E-state index in [0.29, 0.717) is 23.5 Å². The fourth-order valence-electron chi connectivity index (χ4n) is 3.33. The molecule has 0 amide bonds. The van der Waals surface area contributed by atoms with E-state index in [-0.39, 0.29) is 11.5 Å². The molecule has 2 N–H and O–H groups in total. The summed E-state index contributed by atoms with van der Waals surface area (Å²) in [6, 6.07) is 4.70. The van der Waals surface area contributed by atoms with Crippen LogP contribution in [0, 0.1) is 0 Å². The van der Waals surface area contributed by atoms with E-state index in [9.17, 15) is 18.0 Å². The molecule has 0 spiro atoms. The van der Waals surface area contributed by atoms with E-state index in [1.165, 1.54) is 12.1 Å². The zero-order chi connectivity index (χ0) is 19.4. The number of aromatic amines is 1. The Kier molecular flexibility index (Phi) is 5.79. The number of nitrogens with zero attached hydrogens (tertiary/aromatic N) is 1. The third-order valence-electron chi connectivity index (χ3n) is 4.77. The van der Waals surface area contributed by atoms with Crippen LogP contribution in [0.2, 0.25) is 0 Å². The molecule has 27 heavy (non-hydrogen) atoms. The molecule has 0 saturated carbocycles. The summed E-state index contributed by atoms with van der Waals surface area (Å²) in [7, 11) is 0. The standard InChI is InChI=1S/C20H22F3N3O/c1-2-3-4-5-6-14-11-24-12-16-17(14)25-18(26-19(16)27)13-7-9-15(10-8-13)20(21,22)23/h2-3,7-10,14,24H,4-6,11-12H2,1H3,(H,25,26,27)/b3-2+. The second-order valence-electron chi connectivity index (χ2n) is 6.68. The fourth-order valence-corrected chi connectivity index (χ4v) is 3.33. The minimum atomic E-state index is -4.39. The van der Waals surface area contributed by atoms with Crippen LogP contribution in [-0.4, -0.2) is 16.5 Å². The van der Waals surface area contributed by atoms with Crippen molar-refractivity contribution < 1.29 is 13.2 Å². The summed E-state index contributed by atoms with van der Waals surface area (Å²) < 4.78 is 38.3. The van der Waals surface area contributed by atoms with E-state index in [1.807, 2.05) is 13.0 Å². The number of hydrogen-bond acceptors (Lipinski definition) is 3. The summed E-state index contributed by atoms with van der Waals surface area (Å²) >= 11 is 0. The monoisotopic (exact) mass is 377 g/mol. The molecule has 3 rings (SSSR count). The lowest BCUT2D eigenvalue weighted by molar-refractivity contribution is -0.137. The maximum absolute atomic E-state index is 12.8. The van der Waals surface area contributed by atoms with Gasteiger partial charge in [-0.2, -0.15) is 13.2 Å². The van der Waals surface area contributed by atoms with Crippen molar-refractivity contribution in [1.29, 1.82) is 0 Å². The van der Waals surface area contributed by atoms with Crippen molar-refractivity contribution in [3.05, 3.63) is 63.6 Å². The molecular weight excluding hydrogens is 355 g/mol. The van der Waals surface area contributed by atoms with Crippen LogP contribution in [0.4, 0.5) is 13.2 Å². The van der Waals surface area contributed by atoms with Gasteiger partial charge in [0.2, 0.25) is 0 Å². The number of fused-ring (bicyclic) bond motifs is 1. The zero-order valence-electron chi connectivity index (χ0n) is 15.1. The molecule has 1 aliphatic heterocycles. The van der Waals surface area contributed by atoms with E-state index in [2.05, 4.69) is 21.4 Å². The van der Waals surface area contributed by atoms with Crippen molar-refractivity contribution in [1.82, 2.24) is 15.3 Å². The van der Waals surface area contributed by atoms with Gasteiger partial charge in [0.15, 0.2) is 0 Å². The van der Waals surface area contributed by atoms with E-state index in [4.69, 9.17) is 0 Å². The highest BCUT2D eigenvalue weighted by molar-refractivity contribution is 5.56. The molecule has 1 aliphatic rings. The van der Waals surface area contributed by atoms with E-state index in [0.717, 1.165) is 43.6 Å². The van der Waals surface area contributed by atoms with Gasteiger partial charge in [-0.25, -0.2) is 4.98 Å². The van der Waals surface area contributed by atoms with E-state index >= 15 is 0 Å². The molecule has 4 nitrogen and oxygen atoms in total. The molecule has 2 aromatic rings. The lowest BCUT2D eigenvalue weighted by Gasteiger charge is -2.25. The third-order valence-corrected chi connectivity index (χ3v) is 4.77. The lowest BCUT2D eigenvalue weighted by atomic mass is 9.91. The van der Waals surface area contributed by atoms with Crippen molar-refractivity contribution in [2.45, 2.75) is 44.8 Å². The number of allylic oxidation sites excluding steroid dienone is 2. The van der Waals surface area contributed by atoms with Crippen LogP contribution in [0.1, 0.15) is 48.9 Å². The molecule has 1 aromatic carbocycles. The van der Waals surface area contributed by atoms with Crippen LogP contribution in [-0.2, 0) is 12.7 Å². The third kappa shape index (κ3) is 4.47. The second-order valence-corrected chi connectivity index (χ2v) is 6.68. The summed E-state index contributed by atoms with van der Waals surface area (Å²) in [4.78, 5) is 19.8. The number of hydrogen-bond donors (Lipinski definition) is 2. The first kappa shape index (κ1) is 19.4. The highest BCUT2D eigenvalue weighted by Gasteiger charge is 2.30. The van der Waals surface area contributed by atoms with Crippen molar-refractivity contribution in [3.8, 4) is 11.4 Å². The summed E-state index contributed by atoms with van der Waals surface area (Å²) in [6.45, 7) is 3.18. The highest BCUT2D eigenvalue weighted by Crippen LogP contribution is 2.31. The van der Waals surface area contributed by atoms with Crippen LogP contribution in [0.5, 0.6) is 0 Å². The van der Waals surface area contributed by atoms with Crippen molar-refractivity contribution in [2.24, 2.45) is 0 Å². The van der Waals surface area contributed by atoms with Crippen LogP contribution in [0.3, 0.4) is 0 Å². The van der Waals surface area contributed by atoms with Gasteiger partial charge in [0, 0.05) is 24.6 Å². The van der Waals surface area contributed by atoms with Crippen LogP contribution in [0.25, 0.3) is 11.4 Å². The first-order chi connectivity index (χ1) is 12.9. The molecule has 144 valence electrons. The average molecular weight is 377 g/mol. The topological polar surface area (TPSA) is 57.8 Å². The molecule has 0 fully saturated rings. The molecule has 1 atom stereocenters. The van der Waals surface area contributed by atoms with Gasteiger partial charge in [-0.1, -0.05) is 24.3 Å². The molecule has 2 heterocycles. The second kappa shape index (κ2) is 8.08. The zero-order valence-corrected chi connectivity index (χ0v) is 15.1. The Bertz CT molecular complexity index is 870. The molecule has 0 saturated heterocycles. The summed E-state index contributed by atoms with van der Waals surface area (Å²) in [6.07, 6.45) is 2.58. The lowest BCUT2D eigenvalue weighted by Crippen LogP contribution is -2.34. The Hall–Kier alpha value is -2.41. The van der Waals surface area contributed by atoms with Crippen LogP contribution >= 0.6 is 0 Å². The summed E-state index contributed by atoms with van der Waals surface area (Å²) in [5, 5.41) is 3.25. The van der Waals surface area contributed by atoms with Gasteiger partial charge in [0.05, 0.1) is 16.8 Å². The number of rotatable bonds is 5. The van der Waals surface area contributed by atoms with Crippen LogP contribution < -0.4 is 10.9 Å². The van der Waals surface area contributed by atoms with E-state index < -0.39 is 11.7 Å².